The fraction of sp³-hybridized carbons (Fsp3) is 0.368. The minimum absolute atomic E-state index is 0.123. The van der Waals surface area contributed by atoms with Crippen LogP contribution in [0.1, 0.15) is 10.9 Å². The van der Waals surface area contributed by atoms with Crippen LogP contribution < -0.4 is 21.7 Å². The second-order valence-corrected chi connectivity index (χ2v) is 9.36. The fourth-order valence-corrected chi connectivity index (χ4v) is 5.49. The van der Waals surface area contributed by atoms with E-state index in [0.717, 1.165) is 9.80 Å². The SMILES string of the molecule is CNC(=O)N(C)C(=O)NC(C(=O)NC1C(=O)N2C(C(=O)O)=C(COC(N)=O)CS[C@@H]12)c1cccs1. The smallest absolute Gasteiger partial charge is 0.404 e. The highest BCUT2D eigenvalue weighted by atomic mass is 32.2. The molecule has 14 nitrogen and oxygen atoms in total. The first-order chi connectivity index (χ1) is 16.6. The number of ether oxygens (including phenoxy) is 1. The fourth-order valence-electron chi connectivity index (χ4n) is 3.39. The number of primary amides is 1. The minimum Gasteiger partial charge on any atom is -0.477 e. The van der Waals surface area contributed by atoms with Crippen LogP contribution in [-0.4, -0.2) is 88.7 Å². The average molecular weight is 527 g/mol. The van der Waals surface area contributed by atoms with Crippen LogP contribution in [0.15, 0.2) is 28.8 Å². The number of rotatable bonds is 7. The number of urea groups is 2. The molecule has 2 aliphatic rings. The summed E-state index contributed by atoms with van der Waals surface area (Å²) in [5, 5.41) is 17.9. The third-order valence-corrected chi connectivity index (χ3v) is 7.39. The van der Waals surface area contributed by atoms with Crippen molar-refractivity contribution in [2.45, 2.75) is 17.5 Å². The normalized spacial score (nSPS) is 19.6. The number of fused-ring (bicyclic) bond motifs is 1. The van der Waals surface area contributed by atoms with Crippen molar-refractivity contribution in [1.29, 1.82) is 0 Å². The highest BCUT2D eigenvalue weighted by Crippen LogP contribution is 2.40. The van der Waals surface area contributed by atoms with Gasteiger partial charge in [0.25, 0.3) is 5.91 Å². The Morgan fingerprint density at radius 1 is 1.31 bits per heavy atom. The molecule has 0 saturated carbocycles. The van der Waals surface area contributed by atoms with Crippen LogP contribution in [0.25, 0.3) is 0 Å². The lowest BCUT2D eigenvalue weighted by Gasteiger charge is -2.49. The van der Waals surface area contributed by atoms with Gasteiger partial charge in [0, 0.05) is 30.3 Å². The molecule has 0 bridgehead atoms. The van der Waals surface area contributed by atoms with Gasteiger partial charge >= 0.3 is 24.1 Å². The predicted molar refractivity (Wildman–Crippen MR) is 123 cm³/mol. The molecule has 0 radical (unpaired) electrons. The number of amides is 7. The number of hydrogen-bond acceptors (Lipinski definition) is 9. The number of aliphatic carboxylic acids is 1. The molecule has 3 heterocycles. The first-order valence-corrected chi connectivity index (χ1v) is 11.9. The molecule has 3 atom stereocenters. The maximum absolute atomic E-state index is 13.1. The van der Waals surface area contributed by atoms with Crippen LogP contribution in [0.2, 0.25) is 0 Å². The Labute approximate surface area is 206 Å². The van der Waals surface area contributed by atoms with Gasteiger partial charge in [-0.3, -0.25) is 14.5 Å². The number of carbonyl (C=O) groups excluding carboxylic acids is 5. The van der Waals surface area contributed by atoms with E-state index in [1.165, 1.54) is 37.2 Å². The second-order valence-electron chi connectivity index (χ2n) is 7.27. The van der Waals surface area contributed by atoms with E-state index in [9.17, 15) is 33.9 Å². The van der Waals surface area contributed by atoms with Crippen molar-refractivity contribution in [3.63, 3.8) is 0 Å². The van der Waals surface area contributed by atoms with Crippen molar-refractivity contribution in [3.8, 4) is 0 Å². The van der Waals surface area contributed by atoms with Gasteiger partial charge in [0.15, 0.2) is 0 Å². The molecule has 35 heavy (non-hydrogen) atoms. The number of nitrogens with two attached hydrogens (primary N) is 1. The topological polar surface area (TPSA) is 200 Å². The highest BCUT2D eigenvalue weighted by molar-refractivity contribution is 8.00. The number of nitrogens with zero attached hydrogens (tertiary/aromatic N) is 2. The van der Waals surface area contributed by atoms with E-state index in [1.54, 1.807) is 17.5 Å². The molecular weight excluding hydrogens is 504 g/mol. The number of thioether (sulfide) groups is 1. The molecule has 3 rings (SSSR count). The average Bonchev–Trinajstić information content (AvgIpc) is 3.36. The molecule has 6 N–H and O–H groups in total. The van der Waals surface area contributed by atoms with Crippen molar-refractivity contribution in [1.82, 2.24) is 25.8 Å². The van der Waals surface area contributed by atoms with E-state index in [-0.39, 0.29) is 23.6 Å². The second kappa shape index (κ2) is 10.6. The van der Waals surface area contributed by atoms with E-state index in [2.05, 4.69) is 20.7 Å². The molecule has 0 aromatic carbocycles. The maximum atomic E-state index is 13.1. The Hall–Kier alpha value is -3.79. The van der Waals surface area contributed by atoms with Crippen LogP contribution in [0.5, 0.6) is 0 Å². The summed E-state index contributed by atoms with van der Waals surface area (Å²) in [7, 11) is 2.57. The number of hydrogen-bond donors (Lipinski definition) is 5. The van der Waals surface area contributed by atoms with Crippen molar-refractivity contribution in [2.75, 3.05) is 26.5 Å². The Bertz CT molecular complexity index is 1090. The van der Waals surface area contributed by atoms with Crippen LogP contribution >= 0.6 is 23.1 Å². The Morgan fingerprint density at radius 2 is 2.03 bits per heavy atom. The molecule has 1 fully saturated rings. The van der Waals surface area contributed by atoms with Crippen molar-refractivity contribution in [3.05, 3.63) is 33.7 Å². The molecule has 1 aromatic rings. The van der Waals surface area contributed by atoms with Gasteiger partial charge in [0.05, 0.1) is 0 Å². The summed E-state index contributed by atoms with van der Waals surface area (Å²) in [6.45, 7) is -0.386. The van der Waals surface area contributed by atoms with E-state index >= 15 is 0 Å². The number of nitrogens with one attached hydrogen (secondary N) is 3. The van der Waals surface area contributed by atoms with E-state index in [1.807, 2.05) is 0 Å². The summed E-state index contributed by atoms with van der Waals surface area (Å²) >= 11 is 2.36. The van der Waals surface area contributed by atoms with Crippen LogP contribution in [-0.2, 0) is 19.1 Å². The van der Waals surface area contributed by atoms with E-state index in [4.69, 9.17) is 5.73 Å². The van der Waals surface area contributed by atoms with Gasteiger partial charge in [-0.2, -0.15) is 0 Å². The Balaban J connectivity index is 1.76. The molecule has 2 aliphatic heterocycles. The Kier molecular flexibility index (Phi) is 7.85. The first kappa shape index (κ1) is 25.8. The lowest BCUT2D eigenvalue weighted by molar-refractivity contribution is -0.151. The molecule has 2 unspecified atom stereocenters. The molecule has 16 heteroatoms. The van der Waals surface area contributed by atoms with Crippen molar-refractivity contribution >= 4 is 59.0 Å². The maximum Gasteiger partial charge on any atom is 0.404 e. The summed E-state index contributed by atoms with van der Waals surface area (Å²) in [6.07, 6.45) is -1.09. The number of carboxylic acids is 1. The van der Waals surface area contributed by atoms with Crippen molar-refractivity contribution < 1.29 is 38.6 Å². The lowest BCUT2D eigenvalue weighted by Crippen LogP contribution is -2.71. The predicted octanol–water partition coefficient (Wildman–Crippen LogP) is -0.396. The lowest BCUT2D eigenvalue weighted by atomic mass is 10.0. The summed E-state index contributed by atoms with van der Waals surface area (Å²) in [5.41, 5.74) is 4.80. The summed E-state index contributed by atoms with van der Waals surface area (Å²) in [5.74, 6) is -2.66. The molecule has 1 saturated heterocycles. The van der Waals surface area contributed by atoms with Gasteiger partial charge in [0.2, 0.25) is 5.91 Å². The molecule has 1 aromatic heterocycles. The van der Waals surface area contributed by atoms with Crippen molar-refractivity contribution in [2.24, 2.45) is 5.73 Å². The number of thiophene rings is 1. The van der Waals surface area contributed by atoms with Crippen LogP contribution in [0.3, 0.4) is 0 Å². The standard InChI is InChI=1S/C19H22N6O8S2/c1-21-18(31)24(2)19(32)23-10(9-4-3-5-34-9)13(26)22-11-14(27)25-12(16(28)29)8(6-33-17(20)30)7-35-15(11)25/h3-5,10-11,15H,6-7H2,1-2H3,(H2,20,30)(H,21,31)(H,22,26)(H,23,32)(H,28,29)/t10?,11?,15-/m0/s1. The minimum atomic E-state index is -1.39. The van der Waals surface area contributed by atoms with Gasteiger partial charge in [-0.05, 0) is 11.4 Å². The van der Waals surface area contributed by atoms with E-state index in [0.29, 0.717) is 4.88 Å². The zero-order chi connectivity index (χ0) is 25.9. The van der Waals surface area contributed by atoms with Gasteiger partial charge in [-0.25, -0.2) is 24.1 Å². The van der Waals surface area contributed by atoms with Gasteiger partial charge in [0.1, 0.15) is 29.8 Å². The molecule has 7 amide bonds. The van der Waals surface area contributed by atoms with Gasteiger partial charge in [-0.15, -0.1) is 23.1 Å². The van der Waals surface area contributed by atoms with Gasteiger partial charge < -0.3 is 31.5 Å². The largest absolute Gasteiger partial charge is 0.477 e. The number of imide groups is 1. The zero-order valence-electron chi connectivity index (χ0n) is 18.5. The number of carboxylic acid groups (broad SMARTS) is 1. The molecule has 0 spiro atoms. The molecular formula is C19H22N6O8S2. The number of β-lactam (4-membered cyclic amide) rings is 1. The summed E-state index contributed by atoms with van der Waals surface area (Å²) < 4.78 is 4.68. The number of carbonyl (C=O) groups is 6. The van der Waals surface area contributed by atoms with Crippen LogP contribution in [0.4, 0.5) is 14.4 Å². The first-order valence-electron chi connectivity index (χ1n) is 9.98. The molecule has 0 aliphatic carbocycles. The highest BCUT2D eigenvalue weighted by Gasteiger charge is 2.54. The zero-order valence-corrected chi connectivity index (χ0v) is 20.1. The van der Waals surface area contributed by atoms with Crippen LogP contribution in [0, 0.1) is 0 Å². The summed E-state index contributed by atoms with van der Waals surface area (Å²) in [6, 6.07) is -0.533. The summed E-state index contributed by atoms with van der Waals surface area (Å²) in [4.78, 5) is 75.0. The van der Waals surface area contributed by atoms with Gasteiger partial charge in [-0.1, -0.05) is 6.07 Å². The van der Waals surface area contributed by atoms with E-state index < -0.39 is 53.4 Å². The molecule has 188 valence electrons. The third-order valence-electron chi connectivity index (χ3n) is 5.12. The third kappa shape index (κ3) is 5.32. The quantitative estimate of drug-likeness (QED) is 0.293. The monoisotopic (exact) mass is 526 g/mol. The Morgan fingerprint density at radius 3 is 2.60 bits per heavy atom.